The van der Waals surface area contributed by atoms with E-state index < -0.39 is 0 Å². The van der Waals surface area contributed by atoms with Crippen molar-refractivity contribution in [3.63, 3.8) is 0 Å². The van der Waals surface area contributed by atoms with Gasteiger partial charge < -0.3 is 9.47 Å². The normalized spacial score (nSPS) is 18.4. The van der Waals surface area contributed by atoms with Crippen molar-refractivity contribution in [3.8, 4) is 0 Å². The predicted molar refractivity (Wildman–Crippen MR) is 97.9 cm³/mol. The first-order valence-electron chi connectivity index (χ1n) is 9.31. The molecule has 2 fully saturated rings. The van der Waals surface area contributed by atoms with Gasteiger partial charge in [-0.2, -0.15) is 0 Å². The molecule has 1 saturated carbocycles. The van der Waals surface area contributed by atoms with Crippen LogP contribution in [0.1, 0.15) is 53.6 Å². The first-order chi connectivity index (χ1) is 12.8. The molecule has 0 atom stereocenters. The van der Waals surface area contributed by atoms with Crippen LogP contribution in [0.15, 0.2) is 43.1 Å². The van der Waals surface area contributed by atoms with Gasteiger partial charge in [-0.25, -0.2) is 9.97 Å². The number of carbonyl (C=O) groups is 1. The van der Waals surface area contributed by atoms with Crippen LogP contribution < -0.4 is 0 Å². The van der Waals surface area contributed by atoms with E-state index >= 15 is 0 Å². The van der Waals surface area contributed by atoms with Gasteiger partial charge in [-0.15, -0.1) is 0 Å². The van der Waals surface area contributed by atoms with E-state index in [-0.39, 0.29) is 5.91 Å². The van der Waals surface area contributed by atoms with Crippen molar-refractivity contribution >= 4 is 17.1 Å². The quantitative estimate of drug-likeness (QED) is 0.730. The Balaban J connectivity index is 1.32. The van der Waals surface area contributed by atoms with Crippen LogP contribution in [0.5, 0.6) is 0 Å². The highest BCUT2D eigenvalue weighted by Crippen LogP contribution is 2.32. The number of amides is 1. The summed E-state index contributed by atoms with van der Waals surface area (Å²) in [6, 6.07) is 6.44. The molecule has 6 nitrogen and oxygen atoms in total. The minimum absolute atomic E-state index is 0.0418. The summed E-state index contributed by atoms with van der Waals surface area (Å²) in [5, 5.41) is 0. The number of hydrogen-bond acceptors (Lipinski definition) is 4. The third kappa shape index (κ3) is 2.57. The summed E-state index contributed by atoms with van der Waals surface area (Å²) in [6.45, 7) is 1.49. The molecule has 1 aliphatic carbocycles. The zero-order chi connectivity index (χ0) is 17.5. The fourth-order valence-electron chi connectivity index (χ4n) is 4.16. The van der Waals surface area contributed by atoms with Crippen LogP contribution in [0, 0.1) is 0 Å². The Labute approximate surface area is 151 Å². The SMILES string of the molecule is O=C(c1cnc2c(c1)ncn2C1CCCC1)N1CC(c2ccncc2)C1. The molecule has 0 N–H and O–H groups in total. The van der Waals surface area contributed by atoms with Crippen molar-refractivity contribution in [2.75, 3.05) is 13.1 Å². The van der Waals surface area contributed by atoms with Crippen molar-refractivity contribution in [2.45, 2.75) is 37.6 Å². The average Bonchev–Trinajstić information content (AvgIpc) is 3.30. The maximum absolute atomic E-state index is 12.7. The van der Waals surface area contributed by atoms with Gasteiger partial charge in [0.1, 0.15) is 5.52 Å². The number of aromatic nitrogens is 4. The Kier molecular flexibility index (Phi) is 3.69. The number of pyridine rings is 2. The minimum Gasteiger partial charge on any atom is -0.337 e. The standard InChI is InChI=1S/C20H21N5O/c26-20(24-11-16(12-24)14-5-7-21-8-6-14)15-9-18-19(22-10-15)25(13-23-18)17-3-1-2-4-17/h5-10,13,16-17H,1-4,11-12H2. The van der Waals surface area contributed by atoms with E-state index in [1.807, 2.05) is 29.4 Å². The molecule has 1 saturated heterocycles. The van der Waals surface area contributed by atoms with Gasteiger partial charge >= 0.3 is 0 Å². The largest absolute Gasteiger partial charge is 0.337 e. The summed E-state index contributed by atoms with van der Waals surface area (Å²) >= 11 is 0. The molecule has 26 heavy (non-hydrogen) atoms. The van der Waals surface area contributed by atoms with Gasteiger partial charge in [-0.3, -0.25) is 9.78 Å². The first kappa shape index (κ1) is 15.5. The van der Waals surface area contributed by atoms with Gasteiger partial charge in [0.15, 0.2) is 5.65 Å². The summed E-state index contributed by atoms with van der Waals surface area (Å²) in [6.07, 6.45) is 12.1. The molecule has 0 radical (unpaired) electrons. The lowest BCUT2D eigenvalue weighted by Gasteiger charge is -2.39. The van der Waals surface area contributed by atoms with E-state index in [1.165, 1.54) is 31.2 Å². The molecular formula is C20H21N5O. The fourth-order valence-corrected chi connectivity index (χ4v) is 4.16. The second-order valence-corrected chi connectivity index (χ2v) is 7.34. The zero-order valence-corrected chi connectivity index (χ0v) is 14.6. The molecule has 3 aromatic heterocycles. The second-order valence-electron chi connectivity index (χ2n) is 7.34. The van der Waals surface area contributed by atoms with Crippen LogP contribution in [0.3, 0.4) is 0 Å². The van der Waals surface area contributed by atoms with E-state index in [9.17, 15) is 4.79 Å². The van der Waals surface area contributed by atoms with Crippen LogP contribution in [-0.2, 0) is 0 Å². The lowest BCUT2D eigenvalue weighted by Crippen LogP contribution is -2.48. The van der Waals surface area contributed by atoms with Gasteiger partial charge in [0.2, 0.25) is 0 Å². The molecule has 4 heterocycles. The van der Waals surface area contributed by atoms with E-state index in [4.69, 9.17) is 0 Å². The molecule has 0 bridgehead atoms. The van der Waals surface area contributed by atoms with Crippen molar-refractivity contribution < 1.29 is 4.79 Å². The Morgan fingerprint density at radius 2 is 1.85 bits per heavy atom. The molecule has 2 aliphatic rings. The lowest BCUT2D eigenvalue weighted by molar-refractivity contribution is 0.0602. The Hall–Kier alpha value is -2.76. The highest BCUT2D eigenvalue weighted by atomic mass is 16.2. The smallest absolute Gasteiger partial charge is 0.255 e. The van der Waals surface area contributed by atoms with Gasteiger partial charge in [0.25, 0.3) is 5.91 Å². The number of fused-ring (bicyclic) bond motifs is 1. The molecule has 0 aromatic carbocycles. The number of rotatable bonds is 3. The molecule has 5 rings (SSSR count). The Morgan fingerprint density at radius 1 is 1.08 bits per heavy atom. The van der Waals surface area contributed by atoms with E-state index in [0.717, 1.165) is 24.3 Å². The average molecular weight is 347 g/mol. The Morgan fingerprint density at radius 3 is 2.62 bits per heavy atom. The van der Waals surface area contributed by atoms with Gasteiger partial charge in [0, 0.05) is 43.6 Å². The second kappa shape index (κ2) is 6.20. The number of nitrogens with zero attached hydrogens (tertiary/aromatic N) is 5. The highest BCUT2D eigenvalue weighted by molar-refractivity contribution is 5.97. The zero-order valence-electron chi connectivity index (χ0n) is 14.6. The molecule has 132 valence electrons. The fraction of sp³-hybridized carbons (Fsp3) is 0.400. The molecule has 1 aliphatic heterocycles. The number of hydrogen-bond donors (Lipinski definition) is 0. The van der Waals surface area contributed by atoms with Crippen molar-refractivity contribution in [1.29, 1.82) is 0 Å². The third-order valence-corrected chi connectivity index (χ3v) is 5.72. The van der Waals surface area contributed by atoms with Crippen LogP contribution in [0.2, 0.25) is 0 Å². The van der Waals surface area contributed by atoms with Crippen molar-refractivity contribution in [3.05, 3.63) is 54.2 Å². The number of imidazole rings is 1. The molecule has 3 aromatic rings. The minimum atomic E-state index is 0.0418. The topological polar surface area (TPSA) is 63.9 Å². The summed E-state index contributed by atoms with van der Waals surface area (Å²) < 4.78 is 2.18. The molecular weight excluding hydrogens is 326 g/mol. The van der Waals surface area contributed by atoms with Crippen LogP contribution in [0.25, 0.3) is 11.2 Å². The highest BCUT2D eigenvalue weighted by Gasteiger charge is 2.32. The third-order valence-electron chi connectivity index (χ3n) is 5.72. The monoisotopic (exact) mass is 347 g/mol. The summed E-state index contributed by atoms with van der Waals surface area (Å²) in [7, 11) is 0. The van der Waals surface area contributed by atoms with Crippen LogP contribution in [0.4, 0.5) is 0 Å². The van der Waals surface area contributed by atoms with E-state index in [1.54, 1.807) is 18.6 Å². The van der Waals surface area contributed by atoms with E-state index in [0.29, 0.717) is 17.5 Å². The van der Waals surface area contributed by atoms with Crippen LogP contribution >= 0.6 is 0 Å². The molecule has 0 unspecified atom stereocenters. The molecule has 0 spiro atoms. The maximum atomic E-state index is 12.7. The van der Waals surface area contributed by atoms with Crippen molar-refractivity contribution in [1.82, 2.24) is 24.4 Å². The van der Waals surface area contributed by atoms with Gasteiger partial charge in [-0.05, 0) is 36.6 Å². The van der Waals surface area contributed by atoms with Gasteiger partial charge in [0.05, 0.1) is 11.9 Å². The molecule has 6 heteroatoms. The lowest BCUT2D eigenvalue weighted by atomic mass is 9.92. The summed E-state index contributed by atoms with van der Waals surface area (Å²) in [5.41, 5.74) is 3.58. The predicted octanol–water partition coefficient (Wildman–Crippen LogP) is 3.18. The molecule has 1 amide bonds. The van der Waals surface area contributed by atoms with Crippen molar-refractivity contribution in [2.24, 2.45) is 0 Å². The summed E-state index contributed by atoms with van der Waals surface area (Å²) in [5.74, 6) is 0.445. The van der Waals surface area contributed by atoms with Gasteiger partial charge in [-0.1, -0.05) is 12.8 Å². The maximum Gasteiger partial charge on any atom is 0.255 e. The van der Waals surface area contributed by atoms with Crippen LogP contribution in [-0.4, -0.2) is 43.4 Å². The number of carbonyl (C=O) groups excluding carboxylic acids is 1. The van der Waals surface area contributed by atoms with E-state index in [2.05, 4.69) is 19.5 Å². The summed E-state index contributed by atoms with van der Waals surface area (Å²) in [4.78, 5) is 27.7. The number of likely N-dealkylation sites (tertiary alicyclic amines) is 1. The first-order valence-corrected chi connectivity index (χ1v) is 9.31. The Bertz CT molecular complexity index is 939.